The van der Waals surface area contributed by atoms with Gasteiger partial charge in [0.1, 0.15) is 5.82 Å². The summed E-state index contributed by atoms with van der Waals surface area (Å²) in [5.41, 5.74) is 1.03. The molecule has 0 heterocycles. The van der Waals surface area contributed by atoms with Crippen molar-refractivity contribution >= 4 is 0 Å². The SMILES string of the molecule is Fc1cccc(CNC2CC2)c1. The van der Waals surface area contributed by atoms with Crippen LogP contribution in [0.15, 0.2) is 24.3 Å². The van der Waals surface area contributed by atoms with Crippen molar-refractivity contribution < 1.29 is 4.39 Å². The van der Waals surface area contributed by atoms with E-state index >= 15 is 0 Å². The Balaban J connectivity index is 1.92. The minimum absolute atomic E-state index is 0.148. The molecule has 1 saturated carbocycles. The molecule has 1 aromatic rings. The number of nitrogens with one attached hydrogen (secondary N) is 1. The molecule has 1 N–H and O–H groups in total. The van der Waals surface area contributed by atoms with Crippen LogP contribution in [0.3, 0.4) is 0 Å². The second kappa shape index (κ2) is 3.23. The highest BCUT2D eigenvalue weighted by Gasteiger charge is 2.19. The molecule has 0 bridgehead atoms. The normalized spacial score (nSPS) is 16.4. The molecule has 0 radical (unpaired) electrons. The summed E-state index contributed by atoms with van der Waals surface area (Å²) in [6.45, 7) is 0.794. The van der Waals surface area contributed by atoms with Crippen LogP contribution in [0.1, 0.15) is 18.4 Å². The maximum Gasteiger partial charge on any atom is 0.123 e. The molecule has 64 valence electrons. The third kappa shape index (κ3) is 2.05. The highest BCUT2D eigenvalue weighted by Crippen LogP contribution is 2.19. The van der Waals surface area contributed by atoms with E-state index in [9.17, 15) is 4.39 Å². The van der Waals surface area contributed by atoms with Crippen LogP contribution < -0.4 is 5.32 Å². The fraction of sp³-hybridized carbons (Fsp3) is 0.400. The van der Waals surface area contributed by atoms with Crippen molar-refractivity contribution in [2.24, 2.45) is 0 Å². The highest BCUT2D eigenvalue weighted by molar-refractivity contribution is 5.16. The van der Waals surface area contributed by atoms with Gasteiger partial charge in [0.2, 0.25) is 0 Å². The Bertz CT molecular complexity index is 268. The lowest BCUT2D eigenvalue weighted by molar-refractivity contribution is 0.619. The summed E-state index contributed by atoms with van der Waals surface area (Å²) in [6, 6.07) is 7.43. The zero-order valence-corrected chi connectivity index (χ0v) is 6.89. The number of halogens is 1. The predicted octanol–water partition coefficient (Wildman–Crippen LogP) is 2.08. The molecule has 0 aromatic heterocycles. The second-order valence-corrected chi connectivity index (χ2v) is 3.29. The summed E-state index contributed by atoms with van der Waals surface area (Å²) in [7, 11) is 0. The topological polar surface area (TPSA) is 12.0 Å². The van der Waals surface area contributed by atoms with Crippen molar-refractivity contribution in [1.29, 1.82) is 0 Å². The Morgan fingerprint density at radius 1 is 1.42 bits per heavy atom. The standard InChI is InChI=1S/C10H12FN/c11-9-3-1-2-8(6-9)7-12-10-4-5-10/h1-3,6,10,12H,4-5,7H2. The molecule has 1 fully saturated rings. The average Bonchev–Trinajstić information content (AvgIpc) is 2.84. The van der Waals surface area contributed by atoms with E-state index in [0.717, 1.165) is 12.1 Å². The van der Waals surface area contributed by atoms with E-state index in [4.69, 9.17) is 0 Å². The van der Waals surface area contributed by atoms with E-state index < -0.39 is 0 Å². The molecule has 0 atom stereocenters. The van der Waals surface area contributed by atoms with Gasteiger partial charge < -0.3 is 5.32 Å². The van der Waals surface area contributed by atoms with Gasteiger partial charge >= 0.3 is 0 Å². The van der Waals surface area contributed by atoms with Crippen molar-refractivity contribution in [2.75, 3.05) is 0 Å². The Kier molecular flexibility index (Phi) is 2.09. The van der Waals surface area contributed by atoms with Gasteiger partial charge in [-0.15, -0.1) is 0 Å². The van der Waals surface area contributed by atoms with Crippen LogP contribution in [-0.2, 0) is 6.54 Å². The van der Waals surface area contributed by atoms with E-state index in [-0.39, 0.29) is 5.82 Å². The summed E-state index contributed by atoms with van der Waals surface area (Å²) in [5, 5.41) is 3.33. The molecule has 0 amide bonds. The van der Waals surface area contributed by atoms with Crippen molar-refractivity contribution in [1.82, 2.24) is 5.32 Å². The minimum atomic E-state index is -0.148. The van der Waals surface area contributed by atoms with E-state index in [1.165, 1.54) is 18.9 Å². The van der Waals surface area contributed by atoms with Gasteiger partial charge in [-0.25, -0.2) is 4.39 Å². The summed E-state index contributed by atoms with van der Waals surface area (Å²) in [4.78, 5) is 0. The number of hydrogen-bond donors (Lipinski definition) is 1. The Morgan fingerprint density at radius 3 is 2.92 bits per heavy atom. The first-order valence-corrected chi connectivity index (χ1v) is 4.32. The summed E-state index contributed by atoms with van der Waals surface area (Å²) < 4.78 is 12.7. The lowest BCUT2D eigenvalue weighted by atomic mass is 10.2. The van der Waals surface area contributed by atoms with Crippen molar-refractivity contribution in [2.45, 2.75) is 25.4 Å². The zero-order valence-electron chi connectivity index (χ0n) is 6.89. The Labute approximate surface area is 71.6 Å². The molecule has 2 heteroatoms. The molecule has 0 spiro atoms. The molecule has 0 saturated heterocycles. The lowest BCUT2D eigenvalue weighted by Crippen LogP contribution is -2.15. The van der Waals surface area contributed by atoms with Gasteiger partial charge in [-0.05, 0) is 30.5 Å². The molecule has 1 aliphatic rings. The Hall–Kier alpha value is -0.890. The monoisotopic (exact) mass is 165 g/mol. The molecular weight excluding hydrogens is 153 g/mol. The molecule has 0 unspecified atom stereocenters. The van der Waals surface area contributed by atoms with E-state index in [1.54, 1.807) is 12.1 Å². The third-order valence-corrected chi connectivity index (χ3v) is 2.06. The number of rotatable bonds is 3. The van der Waals surface area contributed by atoms with Gasteiger partial charge in [0.05, 0.1) is 0 Å². The third-order valence-electron chi connectivity index (χ3n) is 2.06. The van der Waals surface area contributed by atoms with Gasteiger partial charge in [0, 0.05) is 12.6 Å². The average molecular weight is 165 g/mol. The summed E-state index contributed by atoms with van der Waals surface area (Å²) in [6.07, 6.45) is 2.55. The smallest absolute Gasteiger partial charge is 0.123 e. The molecule has 1 nitrogen and oxygen atoms in total. The summed E-state index contributed by atoms with van der Waals surface area (Å²) >= 11 is 0. The van der Waals surface area contributed by atoms with Crippen LogP contribution in [-0.4, -0.2) is 6.04 Å². The maximum absolute atomic E-state index is 12.7. The summed E-state index contributed by atoms with van der Waals surface area (Å²) in [5.74, 6) is -0.148. The van der Waals surface area contributed by atoms with Gasteiger partial charge in [0.15, 0.2) is 0 Å². The van der Waals surface area contributed by atoms with E-state index in [1.807, 2.05) is 6.07 Å². The molecule has 0 aliphatic heterocycles. The predicted molar refractivity (Wildman–Crippen MR) is 46.3 cm³/mol. The first-order valence-electron chi connectivity index (χ1n) is 4.32. The van der Waals surface area contributed by atoms with Gasteiger partial charge in [-0.3, -0.25) is 0 Å². The Morgan fingerprint density at radius 2 is 2.25 bits per heavy atom. The quantitative estimate of drug-likeness (QED) is 0.723. The molecule has 12 heavy (non-hydrogen) atoms. The minimum Gasteiger partial charge on any atom is -0.310 e. The van der Waals surface area contributed by atoms with Gasteiger partial charge in [-0.2, -0.15) is 0 Å². The van der Waals surface area contributed by atoms with E-state index in [0.29, 0.717) is 6.04 Å². The van der Waals surface area contributed by atoms with Crippen molar-refractivity contribution in [3.05, 3.63) is 35.6 Å². The molecular formula is C10H12FN. The van der Waals surface area contributed by atoms with Crippen LogP contribution >= 0.6 is 0 Å². The van der Waals surface area contributed by atoms with E-state index in [2.05, 4.69) is 5.32 Å². The van der Waals surface area contributed by atoms with Crippen LogP contribution in [0.4, 0.5) is 4.39 Å². The second-order valence-electron chi connectivity index (χ2n) is 3.29. The first-order chi connectivity index (χ1) is 5.84. The molecule has 2 rings (SSSR count). The van der Waals surface area contributed by atoms with Crippen molar-refractivity contribution in [3.8, 4) is 0 Å². The number of hydrogen-bond acceptors (Lipinski definition) is 1. The molecule has 1 aromatic carbocycles. The number of benzene rings is 1. The van der Waals surface area contributed by atoms with Crippen LogP contribution in [0.25, 0.3) is 0 Å². The lowest BCUT2D eigenvalue weighted by Gasteiger charge is -2.01. The zero-order chi connectivity index (χ0) is 8.39. The van der Waals surface area contributed by atoms with Gasteiger partial charge in [0.25, 0.3) is 0 Å². The van der Waals surface area contributed by atoms with Crippen molar-refractivity contribution in [3.63, 3.8) is 0 Å². The van der Waals surface area contributed by atoms with Gasteiger partial charge in [-0.1, -0.05) is 12.1 Å². The largest absolute Gasteiger partial charge is 0.310 e. The maximum atomic E-state index is 12.7. The molecule has 1 aliphatic carbocycles. The van der Waals surface area contributed by atoms with Crippen LogP contribution in [0.2, 0.25) is 0 Å². The first kappa shape index (κ1) is 7.74. The highest BCUT2D eigenvalue weighted by atomic mass is 19.1. The van der Waals surface area contributed by atoms with Crippen LogP contribution in [0.5, 0.6) is 0 Å². The fourth-order valence-corrected chi connectivity index (χ4v) is 1.20. The fourth-order valence-electron chi connectivity index (χ4n) is 1.20. The van der Waals surface area contributed by atoms with Crippen LogP contribution in [0, 0.1) is 5.82 Å².